The average molecular weight is 215 g/mol. The minimum Gasteiger partial charge on any atom is -0.356 e. The highest BCUT2D eigenvalue weighted by Crippen LogP contribution is 2.04. The van der Waals surface area contributed by atoms with Gasteiger partial charge < -0.3 is 9.88 Å². The Morgan fingerprint density at radius 1 is 1.64 bits per heavy atom. The molecule has 1 aromatic heterocycles. The number of nitrogens with one attached hydrogen (secondary N) is 1. The van der Waals surface area contributed by atoms with Crippen LogP contribution in [0, 0.1) is 0 Å². The summed E-state index contributed by atoms with van der Waals surface area (Å²) < 4.78 is 12.9. The van der Waals surface area contributed by atoms with Crippen molar-refractivity contribution in [1.82, 2.24) is 9.55 Å². The number of aryl methyl sites for hydroxylation is 1. The van der Waals surface area contributed by atoms with E-state index in [2.05, 4.69) is 14.9 Å². The van der Waals surface area contributed by atoms with Gasteiger partial charge in [0, 0.05) is 48.3 Å². The predicted molar refractivity (Wildman–Crippen MR) is 59.9 cm³/mol. The van der Waals surface area contributed by atoms with Crippen molar-refractivity contribution in [3.63, 3.8) is 0 Å². The second-order valence-electron chi connectivity index (χ2n) is 3.11. The third-order valence-electron chi connectivity index (χ3n) is 1.88. The minimum atomic E-state index is -0.692. The fourth-order valence-corrected chi connectivity index (χ4v) is 1.79. The van der Waals surface area contributed by atoms with Gasteiger partial charge in [0.15, 0.2) is 0 Å². The molecular formula is C9H17N3OS. The topological polar surface area (TPSA) is 46.9 Å². The molecule has 0 bridgehead atoms. The highest BCUT2D eigenvalue weighted by atomic mass is 32.2. The van der Waals surface area contributed by atoms with Gasteiger partial charge in [0.25, 0.3) is 0 Å². The van der Waals surface area contributed by atoms with E-state index in [1.165, 1.54) is 0 Å². The second-order valence-corrected chi connectivity index (χ2v) is 4.66. The maximum atomic E-state index is 10.9. The van der Waals surface area contributed by atoms with Gasteiger partial charge in [-0.15, -0.1) is 0 Å². The van der Waals surface area contributed by atoms with Crippen LogP contribution in [-0.2, 0) is 17.3 Å². The predicted octanol–water partition coefficient (Wildman–Crippen LogP) is 1.08. The lowest BCUT2D eigenvalue weighted by Crippen LogP contribution is -2.08. The number of hydrogen-bond acceptors (Lipinski definition) is 3. The molecule has 1 N–H and O–H groups in total. The van der Waals surface area contributed by atoms with Crippen LogP contribution in [0.3, 0.4) is 0 Å². The summed E-state index contributed by atoms with van der Waals surface area (Å²) in [4.78, 5) is 4.18. The lowest BCUT2D eigenvalue weighted by Gasteiger charge is -2.07. The maximum absolute atomic E-state index is 10.9. The SMILES string of the molecule is CCNc1nccn1CCCS(C)=O. The van der Waals surface area contributed by atoms with Gasteiger partial charge in [-0.1, -0.05) is 0 Å². The first-order valence-electron chi connectivity index (χ1n) is 4.79. The molecule has 0 amide bonds. The first kappa shape index (κ1) is 11.2. The van der Waals surface area contributed by atoms with Crippen LogP contribution in [0.2, 0.25) is 0 Å². The Balaban J connectivity index is 2.41. The van der Waals surface area contributed by atoms with Crippen LogP contribution in [0.5, 0.6) is 0 Å². The summed E-state index contributed by atoms with van der Waals surface area (Å²) in [6, 6.07) is 0. The summed E-state index contributed by atoms with van der Waals surface area (Å²) in [5, 5.41) is 3.17. The van der Waals surface area contributed by atoms with Crippen molar-refractivity contribution in [1.29, 1.82) is 0 Å². The zero-order chi connectivity index (χ0) is 10.4. The largest absolute Gasteiger partial charge is 0.356 e. The lowest BCUT2D eigenvalue weighted by atomic mass is 10.5. The summed E-state index contributed by atoms with van der Waals surface area (Å²) in [5.74, 6) is 1.65. The molecule has 0 aliphatic carbocycles. The number of anilines is 1. The summed E-state index contributed by atoms with van der Waals surface area (Å²) >= 11 is 0. The number of aromatic nitrogens is 2. The van der Waals surface area contributed by atoms with Gasteiger partial charge in [-0.05, 0) is 13.3 Å². The molecule has 80 valence electrons. The van der Waals surface area contributed by atoms with Crippen LogP contribution >= 0.6 is 0 Å². The van der Waals surface area contributed by atoms with Crippen molar-refractivity contribution in [3.8, 4) is 0 Å². The molecule has 0 aliphatic rings. The summed E-state index contributed by atoms with van der Waals surface area (Å²) in [6.45, 7) is 3.79. The Morgan fingerprint density at radius 2 is 2.43 bits per heavy atom. The molecule has 1 unspecified atom stereocenters. The van der Waals surface area contributed by atoms with Crippen LogP contribution in [0.15, 0.2) is 12.4 Å². The third kappa shape index (κ3) is 3.49. The molecule has 14 heavy (non-hydrogen) atoms. The molecule has 1 rings (SSSR count). The van der Waals surface area contributed by atoms with E-state index in [4.69, 9.17) is 0 Å². The molecule has 0 fully saturated rings. The fourth-order valence-electron chi connectivity index (χ4n) is 1.25. The molecule has 0 spiro atoms. The first-order valence-corrected chi connectivity index (χ1v) is 6.51. The summed E-state index contributed by atoms with van der Waals surface area (Å²) in [6.07, 6.45) is 6.38. The van der Waals surface area contributed by atoms with E-state index in [0.717, 1.165) is 31.2 Å². The Morgan fingerprint density at radius 3 is 3.07 bits per heavy atom. The fraction of sp³-hybridized carbons (Fsp3) is 0.667. The van der Waals surface area contributed by atoms with Crippen LogP contribution in [0.25, 0.3) is 0 Å². The van der Waals surface area contributed by atoms with E-state index in [9.17, 15) is 4.21 Å². The molecule has 0 saturated carbocycles. The number of hydrogen-bond donors (Lipinski definition) is 1. The molecule has 1 heterocycles. The molecule has 4 nitrogen and oxygen atoms in total. The zero-order valence-electron chi connectivity index (χ0n) is 8.69. The second kappa shape index (κ2) is 5.80. The average Bonchev–Trinajstić information content (AvgIpc) is 2.53. The molecular weight excluding hydrogens is 198 g/mol. The van der Waals surface area contributed by atoms with E-state index < -0.39 is 10.8 Å². The molecule has 5 heteroatoms. The zero-order valence-corrected chi connectivity index (χ0v) is 9.51. The number of nitrogens with zero attached hydrogens (tertiary/aromatic N) is 2. The van der Waals surface area contributed by atoms with E-state index in [0.29, 0.717) is 0 Å². The maximum Gasteiger partial charge on any atom is 0.202 e. The Kier molecular flexibility index (Phi) is 4.65. The molecule has 1 aromatic rings. The van der Waals surface area contributed by atoms with Crippen LogP contribution < -0.4 is 5.32 Å². The van der Waals surface area contributed by atoms with Gasteiger partial charge in [0.2, 0.25) is 5.95 Å². The highest BCUT2D eigenvalue weighted by molar-refractivity contribution is 7.84. The Bertz CT molecular complexity index is 298. The normalized spacial score (nSPS) is 12.7. The van der Waals surface area contributed by atoms with E-state index in [1.807, 2.05) is 13.1 Å². The monoisotopic (exact) mass is 215 g/mol. The quantitative estimate of drug-likeness (QED) is 0.772. The van der Waals surface area contributed by atoms with Crippen molar-refractivity contribution in [2.45, 2.75) is 19.9 Å². The Hall–Kier alpha value is -0.840. The van der Waals surface area contributed by atoms with Gasteiger partial charge in [0.1, 0.15) is 0 Å². The van der Waals surface area contributed by atoms with E-state index >= 15 is 0 Å². The van der Waals surface area contributed by atoms with Crippen LogP contribution in [-0.4, -0.2) is 32.3 Å². The first-order chi connectivity index (χ1) is 6.74. The lowest BCUT2D eigenvalue weighted by molar-refractivity contribution is 0.663. The molecule has 1 atom stereocenters. The van der Waals surface area contributed by atoms with Gasteiger partial charge >= 0.3 is 0 Å². The van der Waals surface area contributed by atoms with Crippen molar-refractivity contribution in [2.75, 3.05) is 23.9 Å². The number of rotatable bonds is 6. The van der Waals surface area contributed by atoms with Crippen molar-refractivity contribution in [2.24, 2.45) is 0 Å². The molecule has 0 saturated heterocycles. The van der Waals surface area contributed by atoms with Gasteiger partial charge in [-0.3, -0.25) is 4.21 Å². The minimum absolute atomic E-state index is 0.692. The molecule has 0 radical (unpaired) electrons. The third-order valence-corrected chi connectivity index (χ3v) is 2.74. The highest BCUT2D eigenvalue weighted by Gasteiger charge is 2.00. The van der Waals surface area contributed by atoms with Crippen molar-refractivity contribution in [3.05, 3.63) is 12.4 Å². The van der Waals surface area contributed by atoms with Crippen LogP contribution in [0.4, 0.5) is 5.95 Å². The van der Waals surface area contributed by atoms with E-state index in [1.54, 1.807) is 12.5 Å². The summed E-state index contributed by atoms with van der Waals surface area (Å²) in [7, 11) is -0.692. The van der Waals surface area contributed by atoms with Crippen molar-refractivity contribution >= 4 is 16.7 Å². The smallest absolute Gasteiger partial charge is 0.202 e. The standard InChI is InChI=1S/C9H17N3OS/c1-3-10-9-11-5-7-12(9)6-4-8-14(2)13/h5,7H,3-4,6,8H2,1-2H3,(H,10,11). The Labute approximate surface area is 87.2 Å². The van der Waals surface area contributed by atoms with E-state index in [-0.39, 0.29) is 0 Å². The molecule has 0 aromatic carbocycles. The van der Waals surface area contributed by atoms with Crippen LogP contribution in [0.1, 0.15) is 13.3 Å². The van der Waals surface area contributed by atoms with Gasteiger partial charge in [0.05, 0.1) is 0 Å². The van der Waals surface area contributed by atoms with Crippen molar-refractivity contribution < 1.29 is 4.21 Å². The molecule has 0 aliphatic heterocycles. The van der Waals surface area contributed by atoms with Gasteiger partial charge in [-0.25, -0.2) is 4.98 Å². The summed E-state index contributed by atoms with van der Waals surface area (Å²) in [5.41, 5.74) is 0. The number of imidazole rings is 1. The van der Waals surface area contributed by atoms with Gasteiger partial charge in [-0.2, -0.15) is 0 Å².